The zero-order chi connectivity index (χ0) is 68.9. The summed E-state index contributed by atoms with van der Waals surface area (Å²) in [6.45, 7) is 0. The van der Waals surface area contributed by atoms with Crippen LogP contribution in [0, 0.1) is 0 Å². The molecule has 104 heavy (non-hydrogen) atoms. The predicted molar refractivity (Wildman–Crippen MR) is 427 cm³/mol. The monoisotopic (exact) mass is 1330 g/mol. The molecule has 0 radical (unpaired) electrons. The fraction of sp³-hybridized carbons (Fsp3) is 0. The molecule has 0 amide bonds. The molecule has 4 heterocycles. The van der Waals surface area contributed by atoms with Gasteiger partial charge in [-0.2, -0.15) is 0 Å². The average Bonchev–Trinajstić information content (AvgIpc) is 1.55. The van der Waals surface area contributed by atoms with Crippen LogP contribution in [-0.2, 0) is 0 Å². The van der Waals surface area contributed by atoms with E-state index in [1.165, 1.54) is 0 Å². The number of nitrogens with zero attached hydrogens (tertiary/aromatic N) is 8. The third-order valence-corrected chi connectivity index (χ3v) is 19.9. The molecule has 0 saturated carbocycles. The largest absolute Gasteiger partial charge is 0.308 e. The van der Waals surface area contributed by atoms with Gasteiger partial charge in [-0.15, -0.1) is 0 Å². The number of aromatic nitrogens is 8. The number of hydrogen-bond donors (Lipinski definition) is 0. The summed E-state index contributed by atoms with van der Waals surface area (Å²) < 4.78 is 5.06. The van der Waals surface area contributed by atoms with E-state index in [0.717, 1.165) is 155 Å². The van der Waals surface area contributed by atoms with Crippen molar-refractivity contribution in [2.75, 3.05) is 0 Å². The molecule has 0 aliphatic carbocycles. The van der Waals surface area contributed by atoms with Gasteiger partial charge in [0.25, 0.3) is 0 Å². The van der Waals surface area contributed by atoms with Gasteiger partial charge in [0.05, 0.1) is 33.4 Å². The van der Waals surface area contributed by atoms with Crippen molar-refractivity contribution in [2.45, 2.75) is 0 Å². The van der Waals surface area contributed by atoms with Gasteiger partial charge >= 0.3 is 0 Å². The van der Waals surface area contributed by atoms with E-state index in [4.69, 9.17) is 29.9 Å². The molecule has 0 saturated heterocycles. The summed E-state index contributed by atoms with van der Waals surface area (Å²) in [4.78, 5) is 31.0. The maximum atomic E-state index is 5.22. The molecule has 0 fully saturated rings. The second kappa shape index (κ2) is 26.2. The van der Waals surface area contributed by atoms with Gasteiger partial charge in [-0.3, -0.25) is 0 Å². The van der Waals surface area contributed by atoms with Crippen molar-refractivity contribution in [3.05, 3.63) is 376 Å². The van der Waals surface area contributed by atoms with E-state index in [1.54, 1.807) is 0 Å². The van der Waals surface area contributed by atoms with Crippen molar-refractivity contribution in [3.63, 3.8) is 0 Å². The summed E-state index contributed by atoms with van der Waals surface area (Å²) in [5.74, 6) is 3.55. The Hall–Kier alpha value is -14.1. The zero-order valence-electron chi connectivity index (χ0n) is 56.4. The van der Waals surface area contributed by atoms with E-state index in [2.05, 4.69) is 264 Å². The first-order chi connectivity index (χ1) is 51.6. The maximum Gasteiger partial charge on any atom is 0.164 e. The first kappa shape index (κ1) is 61.0. The van der Waals surface area contributed by atoms with Crippen molar-refractivity contribution in [1.82, 2.24) is 39.0 Å². The van der Waals surface area contributed by atoms with Crippen LogP contribution in [0.5, 0.6) is 0 Å². The number of benzene rings is 15. The van der Waals surface area contributed by atoms with Gasteiger partial charge < -0.3 is 9.13 Å². The molecule has 0 aliphatic rings. The molecule has 0 aliphatic heterocycles. The Kier molecular flexibility index (Phi) is 15.4. The third kappa shape index (κ3) is 11.0. The molecular weight excluding hydrogens is 1270 g/mol. The van der Waals surface area contributed by atoms with E-state index in [9.17, 15) is 0 Å². The zero-order valence-corrected chi connectivity index (χ0v) is 56.4. The first-order valence-corrected chi connectivity index (χ1v) is 35.1. The highest BCUT2D eigenvalue weighted by molar-refractivity contribution is 6.23. The van der Waals surface area contributed by atoms with Crippen LogP contribution in [0.1, 0.15) is 0 Å². The molecule has 0 N–H and O–H groups in total. The fourth-order valence-electron chi connectivity index (χ4n) is 15.1. The quantitative estimate of drug-likeness (QED) is 0.108. The molecule has 0 spiro atoms. The Morgan fingerprint density at radius 3 is 0.548 bits per heavy atom. The molecule has 0 atom stereocenters. The van der Waals surface area contributed by atoms with E-state index in [-0.39, 0.29) is 0 Å². The second-order valence-electron chi connectivity index (χ2n) is 26.1. The van der Waals surface area contributed by atoms with Crippen LogP contribution in [0.25, 0.3) is 190 Å². The minimum atomic E-state index is 0.575. The average molecular weight is 1330 g/mol. The topological polar surface area (TPSA) is 87.2 Å². The first-order valence-electron chi connectivity index (χ1n) is 35.1. The fourth-order valence-corrected chi connectivity index (χ4v) is 15.1. The lowest BCUT2D eigenvalue weighted by Crippen LogP contribution is -2.04. The Morgan fingerprint density at radius 1 is 0.144 bits per heavy atom. The van der Waals surface area contributed by atoms with Gasteiger partial charge in [-0.25, -0.2) is 29.9 Å². The molecule has 0 unspecified atom stereocenters. The number of rotatable bonds is 14. The Bertz CT molecular complexity index is 5690. The molecule has 486 valence electrons. The SMILES string of the molecule is c1ccc(-c2nc(-c3ccccc3)nc(-c3ccc(-c4cc(-c5ccc(-c6nc(-c7ccccc7)nc(-c7ccccc7)n6)cc5)c(-n5c6cccc(-c7ccccc7)c6c6c(-c7ccccc7)cccc65)cc4-n4c5cccc(-c6ccccc6)c5c5c(-c6ccccc6)cccc54)cc3)n2)cc1. The molecule has 15 aromatic carbocycles. The van der Waals surface area contributed by atoms with Crippen LogP contribution in [0.2, 0.25) is 0 Å². The Labute approximate surface area is 601 Å². The molecule has 8 heteroatoms. The smallest absolute Gasteiger partial charge is 0.164 e. The normalized spacial score (nSPS) is 11.5. The molecular formula is C96H62N8. The van der Waals surface area contributed by atoms with Crippen molar-refractivity contribution < 1.29 is 0 Å². The second-order valence-corrected chi connectivity index (χ2v) is 26.1. The highest BCUT2D eigenvalue weighted by Crippen LogP contribution is 2.50. The highest BCUT2D eigenvalue weighted by Gasteiger charge is 2.28. The lowest BCUT2D eigenvalue weighted by Gasteiger charge is -2.22. The predicted octanol–water partition coefficient (Wildman–Crippen LogP) is 24.3. The summed E-state index contributed by atoms with van der Waals surface area (Å²) >= 11 is 0. The summed E-state index contributed by atoms with van der Waals surface area (Å²) in [7, 11) is 0. The van der Waals surface area contributed by atoms with Crippen LogP contribution in [0.3, 0.4) is 0 Å². The Morgan fingerprint density at radius 2 is 0.327 bits per heavy atom. The van der Waals surface area contributed by atoms with Crippen LogP contribution >= 0.6 is 0 Å². The standard InChI is InChI=1S/C96H62N8/c1-9-29-63(30-10-1)75-45-25-49-81-87(75)88-76(64-31-11-2-12-32-64)46-26-50-82(88)103(81)85-62-86(104-83-51-27-47-77(65-33-13-3-14-34-65)89(83)90-78(48-28-52-84(90)104)66-35-15-4-16-36-66)80(68-55-59-74(60-56-68)96-101-93(71-41-21-7-22-42-71)98-94(102-96)72-43-23-8-24-44-72)61-79(85)67-53-57-73(58-54-67)95-99-91(69-37-17-5-18-38-69)97-92(100-95)70-39-19-6-20-40-70/h1-62H. The van der Waals surface area contributed by atoms with Gasteiger partial charge in [-0.1, -0.05) is 340 Å². The van der Waals surface area contributed by atoms with Crippen molar-refractivity contribution in [3.8, 4) is 146 Å². The molecule has 19 aromatic rings. The molecule has 19 rings (SSSR count). The van der Waals surface area contributed by atoms with Crippen molar-refractivity contribution in [2.24, 2.45) is 0 Å². The summed E-state index contributed by atoms with van der Waals surface area (Å²) in [5.41, 5.74) is 24.7. The van der Waals surface area contributed by atoms with Gasteiger partial charge in [0, 0.05) is 66.1 Å². The minimum Gasteiger partial charge on any atom is -0.308 e. The number of fused-ring (bicyclic) bond motifs is 6. The summed E-state index contributed by atoms with van der Waals surface area (Å²) in [6.07, 6.45) is 0. The summed E-state index contributed by atoms with van der Waals surface area (Å²) in [5, 5.41) is 4.65. The third-order valence-electron chi connectivity index (χ3n) is 19.9. The Balaban J connectivity index is 0.921. The molecule has 0 bridgehead atoms. The van der Waals surface area contributed by atoms with Gasteiger partial charge in [0.15, 0.2) is 34.9 Å². The highest BCUT2D eigenvalue weighted by atomic mass is 15.1. The van der Waals surface area contributed by atoms with E-state index in [1.807, 2.05) is 121 Å². The van der Waals surface area contributed by atoms with Crippen LogP contribution < -0.4 is 0 Å². The lowest BCUT2D eigenvalue weighted by molar-refractivity contribution is 1.07. The van der Waals surface area contributed by atoms with Crippen LogP contribution in [-0.4, -0.2) is 39.0 Å². The number of hydrogen-bond acceptors (Lipinski definition) is 6. The van der Waals surface area contributed by atoms with Crippen molar-refractivity contribution in [1.29, 1.82) is 0 Å². The maximum absolute atomic E-state index is 5.22. The van der Waals surface area contributed by atoms with Crippen LogP contribution in [0.4, 0.5) is 0 Å². The van der Waals surface area contributed by atoms with E-state index >= 15 is 0 Å². The van der Waals surface area contributed by atoms with Gasteiger partial charge in [0.2, 0.25) is 0 Å². The summed E-state index contributed by atoms with van der Waals surface area (Å²) in [6, 6.07) is 134. The van der Waals surface area contributed by atoms with Gasteiger partial charge in [0.1, 0.15) is 0 Å². The van der Waals surface area contributed by atoms with Crippen LogP contribution in [0.15, 0.2) is 376 Å². The lowest BCUT2D eigenvalue weighted by atomic mass is 9.93. The van der Waals surface area contributed by atoms with Gasteiger partial charge in [-0.05, 0) is 92.0 Å². The van der Waals surface area contributed by atoms with E-state index in [0.29, 0.717) is 34.9 Å². The van der Waals surface area contributed by atoms with Crippen molar-refractivity contribution >= 4 is 43.6 Å². The minimum absolute atomic E-state index is 0.575. The van der Waals surface area contributed by atoms with E-state index < -0.39 is 0 Å². The molecule has 4 aromatic heterocycles. The molecule has 8 nitrogen and oxygen atoms in total.